The van der Waals surface area contributed by atoms with E-state index in [1.807, 2.05) is 40.8 Å². The summed E-state index contributed by atoms with van der Waals surface area (Å²) in [5.41, 5.74) is 6.15. The predicted molar refractivity (Wildman–Crippen MR) is 162 cm³/mol. The minimum Gasteiger partial charge on any atom is -0.381 e. The molecule has 2 rings (SSSR count). The van der Waals surface area contributed by atoms with Crippen molar-refractivity contribution in [2.24, 2.45) is 10.9 Å². The van der Waals surface area contributed by atoms with Crippen molar-refractivity contribution in [1.82, 2.24) is 5.32 Å². The first kappa shape index (κ1) is 37.7. The standard InChI is InChI=1S/C13H16.C6H10BrN.C5H8O2.C4H11N.C2H6/c1-10(2)9-12(4)13-8-6-5-7-11(13)3;1-5(2)6(7)4-8-3;6-3-5-1-2-7-4-5;1-3-4-5-2;1-2/h5-9H,4H2,1-3H3;4H,1-3H3;3,5H,1-2,4H2;5H,3-4H2,1-2H3;1-2H3. The second-order valence-corrected chi connectivity index (χ2v) is 9.01. The lowest BCUT2D eigenvalue weighted by Crippen LogP contribution is -2.04. The zero-order chi connectivity index (χ0) is 27.6. The molecular formula is C30H51BrN2O2. The smallest absolute Gasteiger partial charge is 0.125 e. The summed E-state index contributed by atoms with van der Waals surface area (Å²) < 4.78 is 5.99. The molecule has 4 nitrogen and oxygen atoms in total. The van der Waals surface area contributed by atoms with Gasteiger partial charge in [-0.15, -0.1) is 0 Å². The first-order chi connectivity index (χ1) is 16.6. The van der Waals surface area contributed by atoms with Crippen molar-refractivity contribution in [3.8, 4) is 0 Å². The van der Waals surface area contributed by atoms with Gasteiger partial charge in [-0.1, -0.05) is 68.8 Å². The molecule has 35 heavy (non-hydrogen) atoms. The van der Waals surface area contributed by atoms with Crippen molar-refractivity contribution in [3.63, 3.8) is 0 Å². The number of aliphatic imine (C=N–C) groups is 1. The Balaban J connectivity index is -0.000000404. The summed E-state index contributed by atoms with van der Waals surface area (Å²) in [6, 6.07) is 8.32. The van der Waals surface area contributed by atoms with E-state index in [4.69, 9.17) is 4.74 Å². The van der Waals surface area contributed by atoms with Gasteiger partial charge in [0.05, 0.1) is 6.61 Å². The van der Waals surface area contributed by atoms with Gasteiger partial charge in [-0.2, -0.15) is 0 Å². The molecule has 1 saturated heterocycles. The van der Waals surface area contributed by atoms with Gasteiger partial charge in [-0.25, -0.2) is 0 Å². The Labute approximate surface area is 225 Å². The Kier molecular flexibility index (Phi) is 28.9. The lowest BCUT2D eigenvalue weighted by Gasteiger charge is -2.05. The minimum absolute atomic E-state index is 0.194. The average molecular weight is 552 g/mol. The number of hydrogen-bond donors (Lipinski definition) is 1. The number of hydrogen-bond acceptors (Lipinski definition) is 4. The number of rotatable bonds is 6. The van der Waals surface area contributed by atoms with Gasteiger partial charge in [-0.05, 0) is 93.7 Å². The Hall–Kier alpha value is -1.82. The van der Waals surface area contributed by atoms with Gasteiger partial charge in [0.25, 0.3) is 0 Å². The van der Waals surface area contributed by atoms with Crippen LogP contribution in [0, 0.1) is 12.8 Å². The van der Waals surface area contributed by atoms with E-state index in [-0.39, 0.29) is 5.92 Å². The van der Waals surface area contributed by atoms with Crippen molar-refractivity contribution in [1.29, 1.82) is 0 Å². The summed E-state index contributed by atoms with van der Waals surface area (Å²) in [6.45, 7) is 23.1. The highest BCUT2D eigenvalue weighted by molar-refractivity contribution is 9.12. The maximum Gasteiger partial charge on any atom is 0.125 e. The molecule has 1 atom stereocenters. The summed E-state index contributed by atoms with van der Waals surface area (Å²) in [5, 5.41) is 3.02. The fourth-order valence-electron chi connectivity index (χ4n) is 2.51. The Morgan fingerprint density at radius 3 is 2.11 bits per heavy atom. The van der Waals surface area contributed by atoms with Crippen LogP contribution in [0.15, 0.2) is 57.5 Å². The number of nitrogens with zero attached hydrogens (tertiary/aromatic N) is 1. The summed E-state index contributed by atoms with van der Waals surface area (Å²) in [6.07, 6.45) is 7.02. The van der Waals surface area contributed by atoms with E-state index in [2.05, 4.69) is 84.8 Å². The third-order valence-electron chi connectivity index (χ3n) is 4.33. The molecule has 0 bridgehead atoms. The molecule has 0 spiro atoms. The molecule has 1 heterocycles. The molecule has 1 aromatic carbocycles. The van der Waals surface area contributed by atoms with Crippen LogP contribution in [0.5, 0.6) is 0 Å². The van der Waals surface area contributed by atoms with E-state index < -0.39 is 0 Å². The third-order valence-corrected chi connectivity index (χ3v) is 5.33. The molecule has 1 unspecified atom stereocenters. The zero-order valence-electron chi connectivity index (χ0n) is 24.0. The largest absolute Gasteiger partial charge is 0.381 e. The maximum absolute atomic E-state index is 9.93. The Morgan fingerprint density at radius 1 is 1.23 bits per heavy atom. The number of nitrogens with one attached hydrogen (secondary N) is 1. The lowest BCUT2D eigenvalue weighted by atomic mass is 10.0. The normalized spacial score (nSPS) is 13.3. The number of halogens is 1. The van der Waals surface area contributed by atoms with Gasteiger partial charge in [0, 0.05) is 30.3 Å². The molecule has 1 aromatic rings. The highest BCUT2D eigenvalue weighted by atomic mass is 79.9. The number of carbonyl (C=O) groups excluding carboxylic acids is 1. The maximum atomic E-state index is 9.93. The molecule has 1 aliphatic rings. The average Bonchev–Trinajstić information content (AvgIpc) is 3.36. The molecule has 1 aliphatic heterocycles. The van der Waals surface area contributed by atoms with E-state index in [1.165, 1.54) is 28.7 Å². The van der Waals surface area contributed by atoms with Gasteiger partial charge in [-0.3, -0.25) is 4.99 Å². The van der Waals surface area contributed by atoms with Crippen LogP contribution < -0.4 is 5.32 Å². The lowest BCUT2D eigenvalue weighted by molar-refractivity contribution is -0.111. The monoisotopic (exact) mass is 550 g/mol. The van der Waals surface area contributed by atoms with Crippen molar-refractivity contribution in [2.75, 3.05) is 33.9 Å². The second kappa shape index (κ2) is 26.8. The fourth-order valence-corrected chi connectivity index (χ4v) is 2.72. The SMILES string of the molecule is C=C(C=C(C)C)c1ccccc1C.CC.CCCNC.CN=CC(Br)=C(C)C.O=CC1CCOC1. The number of ether oxygens (including phenoxy) is 1. The summed E-state index contributed by atoms with van der Waals surface area (Å²) in [4.78, 5) is 13.8. The van der Waals surface area contributed by atoms with Crippen LogP contribution >= 0.6 is 15.9 Å². The molecule has 0 amide bonds. The van der Waals surface area contributed by atoms with Crippen LogP contribution in [0.1, 0.15) is 72.4 Å². The molecular weight excluding hydrogens is 500 g/mol. The highest BCUT2D eigenvalue weighted by Crippen LogP contribution is 2.18. The molecule has 5 heteroatoms. The molecule has 1 fully saturated rings. The van der Waals surface area contributed by atoms with Crippen molar-refractivity contribution < 1.29 is 9.53 Å². The third kappa shape index (κ3) is 23.7. The van der Waals surface area contributed by atoms with Crippen LogP contribution in [-0.4, -0.2) is 46.4 Å². The number of aldehydes is 1. The summed E-state index contributed by atoms with van der Waals surface area (Å²) in [7, 11) is 3.72. The first-order valence-electron chi connectivity index (χ1n) is 12.5. The van der Waals surface area contributed by atoms with Crippen LogP contribution in [0.25, 0.3) is 5.57 Å². The molecule has 0 aromatic heterocycles. The van der Waals surface area contributed by atoms with Gasteiger partial charge < -0.3 is 14.8 Å². The highest BCUT2D eigenvalue weighted by Gasteiger charge is 2.12. The van der Waals surface area contributed by atoms with E-state index >= 15 is 0 Å². The van der Waals surface area contributed by atoms with E-state index in [0.29, 0.717) is 6.61 Å². The van der Waals surface area contributed by atoms with Crippen molar-refractivity contribution >= 4 is 34.0 Å². The topological polar surface area (TPSA) is 50.7 Å². The Morgan fingerprint density at radius 2 is 1.83 bits per heavy atom. The van der Waals surface area contributed by atoms with Crippen LogP contribution in [0.4, 0.5) is 0 Å². The van der Waals surface area contributed by atoms with Gasteiger partial charge in [0.2, 0.25) is 0 Å². The van der Waals surface area contributed by atoms with E-state index in [9.17, 15) is 4.79 Å². The van der Waals surface area contributed by atoms with Gasteiger partial charge >= 0.3 is 0 Å². The molecule has 200 valence electrons. The van der Waals surface area contributed by atoms with Crippen molar-refractivity contribution in [2.45, 2.75) is 68.2 Å². The number of aryl methyl sites for hydroxylation is 1. The van der Waals surface area contributed by atoms with Crippen LogP contribution in [-0.2, 0) is 9.53 Å². The fraction of sp³-hybridized carbons (Fsp3) is 0.533. The first-order valence-corrected chi connectivity index (χ1v) is 13.3. The summed E-state index contributed by atoms with van der Waals surface area (Å²) in [5.74, 6) is 0.194. The molecule has 0 radical (unpaired) electrons. The minimum atomic E-state index is 0.194. The predicted octanol–water partition coefficient (Wildman–Crippen LogP) is 8.21. The van der Waals surface area contributed by atoms with E-state index in [0.717, 1.165) is 35.9 Å². The van der Waals surface area contributed by atoms with Crippen LogP contribution in [0.2, 0.25) is 0 Å². The summed E-state index contributed by atoms with van der Waals surface area (Å²) >= 11 is 3.33. The number of benzene rings is 1. The van der Waals surface area contributed by atoms with Gasteiger partial charge in [0.15, 0.2) is 0 Å². The molecule has 1 N–H and O–H groups in total. The second-order valence-electron chi connectivity index (χ2n) is 8.16. The molecule has 0 aliphatic carbocycles. The van der Waals surface area contributed by atoms with E-state index in [1.54, 1.807) is 13.3 Å². The molecule has 0 saturated carbocycles. The Bertz CT molecular complexity index is 751. The number of allylic oxidation sites excluding steroid dienone is 5. The number of carbonyl (C=O) groups is 1. The quantitative estimate of drug-likeness (QED) is 0.220. The van der Waals surface area contributed by atoms with Gasteiger partial charge in [0.1, 0.15) is 6.29 Å². The van der Waals surface area contributed by atoms with Crippen LogP contribution in [0.3, 0.4) is 0 Å². The van der Waals surface area contributed by atoms with Crippen molar-refractivity contribution in [3.05, 3.63) is 63.7 Å². The zero-order valence-corrected chi connectivity index (χ0v) is 25.6.